The molecule has 66 heavy (non-hydrogen) atoms. The number of aromatic nitrogens is 6. The largest absolute Gasteiger partial charge is 0.307 e. The molecule has 7 aromatic carbocycles. The molecular weight excluding hydrogens is 871 g/mol. The number of hydrogen-bond donors (Lipinski definition) is 0. The van der Waals surface area contributed by atoms with Gasteiger partial charge >= 0.3 is 0 Å². The van der Waals surface area contributed by atoms with Crippen LogP contribution >= 0.6 is 35.3 Å². The van der Waals surface area contributed by atoms with Gasteiger partial charge in [-0.1, -0.05) is 108 Å². The Hall–Kier alpha value is -7.77. The Morgan fingerprint density at radius 3 is 0.652 bits per heavy atom. The van der Waals surface area contributed by atoms with E-state index in [1.807, 2.05) is 55.4 Å². The Morgan fingerprint density at radius 1 is 0.242 bits per heavy atom. The number of para-hydroxylation sites is 6. The Kier molecular flexibility index (Phi) is 9.39. The zero-order valence-electron chi connectivity index (χ0n) is 34.8. The highest BCUT2D eigenvalue weighted by Crippen LogP contribution is 2.66. The molecule has 0 saturated heterocycles. The van der Waals surface area contributed by atoms with E-state index in [0.29, 0.717) is 17.5 Å². The van der Waals surface area contributed by atoms with Gasteiger partial charge in [-0.25, -0.2) is 29.9 Å². The van der Waals surface area contributed by atoms with Crippen molar-refractivity contribution in [2.24, 2.45) is 0 Å². The number of anilines is 9. The summed E-state index contributed by atoms with van der Waals surface area (Å²) < 4.78 is 0. The fourth-order valence-electron chi connectivity index (χ4n) is 9.14. The third kappa shape index (κ3) is 6.21. The normalized spacial score (nSPS) is 13.2. The van der Waals surface area contributed by atoms with Crippen LogP contribution in [-0.2, 0) is 0 Å². The molecule has 13 rings (SSSR count). The average molecular weight is 904 g/mol. The zero-order chi connectivity index (χ0) is 43.6. The van der Waals surface area contributed by atoms with Crippen LogP contribution in [-0.4, -0.2) is 29.9 Å². The highest BCUT2D eigenvalue weighted by atomic mass is 32.2. The fraction of sp³-hybridized carbons (Fsp3) is 0. The van der Waals surface area contributed by atoms with Gasteiger partial charge in [-0.05, 0) is 91.0 Å². The molecule has 6 heterocycles. The topological polar surface area (TPSA) is 87.1 Å². The summed E-state index contributed by atoms with van der Waals surface area (Å²) in [6.07, 6.45) is 10.9. The predicted molar refractivity (Wildman–Crippen MR) is 266 cm³/mol. The van der Waals surface area contributed by atoms with Crippen molar-refractivity contribution in [3.05, 3.63) is 201 Å². The first kappa shape index (κ1) is 38.7. The molecule has 0 fully saturated rings. The minimum atomic E-state index is 0.514. The van der Waals surface area contributed by atoms with E-state index < -0.39 is 0 Å². The van der Waals surface area contributed by atoms with Crippen molar-refractivity contribution in [1.29, 1.82) is 0 Å². The molecule has 0 bridgehead atoms. The van der Waals surface area contributed by atoms with Crippen molar-refractivity contribution in [3.63, 3.8) is 0 Å². The van der Waals surface area contributed by atoms with E-state index in [9.17, 15) is 0 Å². The van der Waals surface area contributed by atoms with Crippen molar-refractivity contribution >= 4 is 86.5 Å². The number of nitrogens with zero attached hydrogens (tertiary/aromatic N) is 9. The second-order valence-corrected chi connectivity index (χ2v) is 18.8. The maximum absolute atomic E-state index is 5.19. The minimum Gasteiger partial charge on any atom is -0.307 e. The molecule has 312 valence electrons. The van der Waals surface area contributed by atoms with Crippen molar-refractivity contribution in [3.8, 4) is 34.2 Å². The van der Waals surface area contributed by atoms with E-state index in [2.05, 4.69) is 160 Å². The van der Waals surface area contributed by atoms with Crippen LogP contribution in [0.25, 0.3) is 34.2 Å². The van der Waals surface area contributed by atoms with Crippen LogP contribution < -0.4 is 14.7 Å². The Balaban J connectivity index is 1.34. The summed E-state index contributed by atoms with van der Waals surface area (Å²) in [6.45, 7) is 0. The monoisotopic (exact) mass is 903 g/mol. The maximum Gasteiger partial charge on any atom is 0.163 e. The summed E-state index contributed by atoms with van der Waals surface area (Å²) in [5.74, 6) is 1.54. The highest BCUT2D eigenvalue weighted by molar-refractivity contribution is 8.00. The molecule has 9 nitrogen and oxygen atoms in total. The van der Waals surface area contributed by atoms with Gasteiger partial charge in [0.1, 0.15) is 0 Å². The molecule has 12 heteroatoms. The van der Waals surface area contributed by atoms with Crippen molar-refractivity contribution in [2.45, 2.75) is 29.4 Å². The molecule has 0 N–H and O–H groups in total. The number of fused-ring (bicyclic) bond motifs is 6. The number of hydrogen-bond acceptors (Lipinski definition) is 12. The van der Waals surface area contributed by atoms with Crippen LogP contribution in [0.2, 0.25) is 0 Å². The maximum atomic E-state index is 5.19. The summed E-state index contributed by atoms with van der Waals surface area (Å²) in [7, 11) is 0. The fourth-order valence-corrected chi connectivity index (χ4v) is 12.3. The van der Waals surface area contributed by atoms with Crippen LogP contribution in [0, 0.1) is 0 Å². The lowest BCUT2D eigenvalue weighted by molar-refractivity contribution is 1.09. The van der Waals surface area contributed by atoms with E-state index in [0.717, 1.165) is 97.2 Å². The van der Waals surface area contributed by atoms with Crippen molar-refractivity contribution in [2.75, 3.05) is 14.7 Å². The Labute approximate surface area is 393 Å². The van der Waals surface area contributed by atoms with Crippen molar-refractivity contribution < 1.29 is 0 Å². The predicted octanol–water partition coefficient (Wildman–Crippen LogP) is 14.9. The molecule has 0 saturated carbocycles. The smallest absolute Gasteiger partial charge is 0.163 e. The van der Waals surface area contributed by atoms with E-state index >= 15 is 0 Å². The number of benzene rings is 7. The van der Waals surface area contributed by atoms with Gasteiger partial charge in [0.25, 0.3) is 0 Å². The zero-order valence-corrected chi connectivity index (χ0v) is 37.3. The van der Waals surface area contributed by atoms with Gasteiger partial charge in [0.05, 0.1) is 67.9 Å². The summed E-state index contributed by atoms with van der Waals surface area (Å²) in [4.78, 5) is 44.9. The molecule has 0 aliphatic carbocycles. The second-order valence-electron chi connectivity index (χ2n) is 15.5. The Morgan fingerprint density at radius 2 is 0.439 bits per heavy atom. The van der Waals surface area contributed by atoms with Crippen molar-refractivity contribution in [1.82, 2.24) is 29.9 Å². The van der Waals surface area contributed by atoms with E-state index in [1.54, 1.807) is 35.3 Å². The summed E-state index contributed by atoms with van der Waals surface area (Å²) in [6, 6.07) is 57.2. The summed E-state index contributed by atoms with van der Waals surface area (Å²) >= 11 is 5.28. The molecule has 0 unspecified atom stereocenters. The standard InChI is InChI=1S/C54H33N9S3/c1-7-22-40-34(16-1)61(35-17-2-8-23-41(35)64-40)49-46(52-55-28-13-29-56-52)50(62-36-18-3-9-24-42(36)65-43-25-10-4-19-37(43)62)48(54-59-32-15-33-60-54)51(47(49)53-57-30-14-31-58-53)63-38-20-5-11-26-44(38)66-45-27-12-6-21-39(45)63/h1-33H. The van der Waals surface area contributed by atoms with Gasteiger partial charge in [0.2, 0.25) is 0 Å². The number of rotatable bonds is 6. The average Bonchev–Trinajstić information content (AvgIpc) is 3.39. The molecule has 0 radical (unpaired) electrons. The van der Waals surface area contributed by atoms with Gasteiger partial charge in [0.15, 0.2) is 17.5 Å². The van der Waals surface area contributed by atoms with Gasteiger partial charge in [-0.15, -0.1) is 0 Å². The molecule has 3 aliphatic heterocycles. The molecule has 0 atom stereocenters. The SMILES string of the molecule is c1cnc(-c2c(N3c4ccccc4Sc4ccccc43)c(-c3ncccn3)c(N3c4ccccc4Sc4ccccc43)c(-c3ncccn3)c2N2c3ccccc3Sc3ccccc32)nc1. The quantitative estimate of drug-likeness (QED) is 0.159. The third-order valence-electron chi connectivity index (χ3n) is 11.8. The van der Waals surface area contributed by atoms with Crippen LogP contribution in [0.1, 0.15) is 0 Å². The minimum absolute atomic E-state index is 0.514. The first-order valence-corrected chi connectivity index (χ1v) is 23.8. The highest BCUT2D eigenvalue weighted by Gasteiger charge is 2.43. The van der Waals surface area contributed by atoms with Crippen LogP contribution in [0.5, 0.6) is 0 Å². The first-order valence-electron chi connectivity index (χ1n) is 21.3. The second kappa shape index (κ2) is 16.0. The molecule has 0 spiro atoms. The van der Waals surface area contributed by atoms with Crippen LogP contribution in [0.15, 0.2) is 230 Å². The molecule has 3 aromatic heterocycles. The molecule has 10 aromatic rings. The molecule has 3 aliphatic rings. The van der Waals surface area contributed by atoms with Crippen LogP contribution in [0.4, 0.5) is 51.2 Å². The first-order chi connectivity index (χ1) is 32.8. The molecular formula is C54H33N9S3. The van der Waals surface area contributed by atoms with Gasteiger partial charge in [0, 0.05) is 66.6 Å². The third-order valence-corrected chi connectivity index (χ3v) is 15.1. The van der Waals surface area contributed by atoms with Crippen LogP contribution in [0.3, 0.4) is 0 Å². The van der Waals surface area contributed by atoms with Gasteiger partial charge in [-0.2, -0.15) is 0 Å². The van der Waals surface area contributed by atoms with Gasteiger partial charge in [-0.3, -0.25) is 0 Å². The van der Waals surface area contributed by atoms with E-state index in [4.69, 9.17) is 29.9 Å². The van der Waals surface area contributed by atoms with E-state index in [1.165, 1.54) is 0 Å². The Bertz CT molecular complexity index is 2980. The lowest BCUT2D eigenvalue weighted by Gasteiger charge is -2.42. The molecule has 0 amide bonds. The summed E-state index contributed by atoms with van der Waals surface area (Å²) in [5, 5.41) is 0. The lowest BCUT2D eigenvalue weighted by atomic mass is 9.90. The lowest BCUT2D eigenvalue weighted by Crippen LogP contribution is -2.25. The van der Waals surface area contributed by atoms with Gasteiger partial charge < -0.3 is 14.7 Å². The van der Waals surface area contributed by atoms with E-state index in [-0.39, 0.29) is 0 Å². The summed E-state index contributed by atoms with van der Waals surface area (Å²) in [5.41, 5.74) is 10.7.